The number of rotatable bonds is 4. The zero-order valence-corrected chi connectivity index (χ0v) is 11.4. The smallest absolute Gasteiger partial charge is 0.220 e. The standard InChI is InChI=1S/C14H21N3O2/c1-10-9-11(17-19-10)4-5-13(18)16-14-6-2-3-12(14)15-8-7-14/h9,12,15H,2-8H2,1H3,(H,16,18). The number of fused-ring (bicyclic) bond motifs is 1. The fraction of sp³-hybridized carbons (Fsp3) is 0.714. The molecule has 0 radical (unpaired) electrons. The van der Waals surface area contributed by atoms with E-state index in [1.54, 1.807) is 0 Å². The first kappa shape index (κ1) is 12.7. The Morgan fingerprint density at radius 1 is 1.63 bits per heavy atom. The SMILES string of the molecule is Cc1cc(CCC(=O)NC23CCCC2NCC3)no1. The minimum absolute atomic E-state index is 0.0246. The lowest BCUT2D eigenvalue weighted by Gasteiger charge is -2.30. The molecule has 2 fully saturated rings. The molecule has 1 saturated heterocycles. The van der Waals surface area contributed by atoms with Crippen LogP contribution in [-0.2, 0) is 11.2 Å². The summed E-state index contributed by atoms with van der Waals surface area (Å²) in [7, 11) is 0. The molecule has 19 heavy (non-hydrogen) atoms. The van der Waals surface area contributed by atoms with Gasteiger partial charge in [0.1, 0.15) is 5.76 Å². The van der Waals surface area contributed by atoms with Gasteiger partial charge in [0.05, 0.1) is 11.2 Å². The number of aromatic nitrogens is 1. The van der Waals surface area contributed by atoms with E-state index in [2.05, 4.69) is 15.8 Å². The van der Waals surface area contributed by atoms with Crippen LogP contribution in [0.25, 0.3) is 0 Å². The number of hydrogen-bond donors (Lipinski definition) is 2. The van der Waals surface area contributed by atoms with Gasteiger partial charge in [-0.3, -0.25) is 4.79 Å². The van der Waals surface area contributed by atoms with Crippen molar-refractivity contribution in [2.45, 2.75) is 57.0 Å². The highest BCUT2D eigenvalue weighted by molar-refractivity contribution is 5.77. The van der Waals surface area contributed by atoms with Gasteiger partial charge in [0.15, 0.2) is 0 Å². The molecule has 0 spiro atoms. The van der Waals surface area contributed by atoms with Gasteiger partial charge in [0.25, 0.3) is 0 Å². The molecule has 1 aliphatic carbocycles. The van der Waals surface area contributed by atoms with Crippen molar-refractivity contribution >= 4 is 5.91 Å². The summed E-state index contributed by atoms with van der Waals surface area (Å²) in [4.78, 5) is 12.1. The van der Waals surface area contributed by atoms with Gasteiger partial charge < -0.3 is 15.2 Å². The number of nitrogens with zero attached hydrogens (tertiary/aromatic N) is 1. The molecule has 1 amide bonds. The summed E-state index contributed by atoms with van der Waals surface area (Å²) in [5.41, 5.74) is 0.884. The summed E-state index contributed by atoms with van der Waals surface area (Å²) in [6, 6.07) is 2.37. The van der Waals surface area contributed by atoms with Gasteiger partial charge in [-0.2, -0.15) is 0 Å². The van der Waals surface area contributed by atoms with Crippen LogP contribution < -0.4 is 10.6 Å². The first-order chi connectivity index (χ1) is 9.18. The zero-order chi connectivity index (χ0) is 13.3. The third-order valence-corrected chi connectivity index (χ3v) is 4.42. The number of amides is 1. The third kappa shape index (κ3) is 2.52. The second-order valence-electron chi connectivity index (χ2n) is 5.78. The molecule has 1 aromatic heterocycles. The zero-order valence-electron chi connectivity index (χ0n) is 11.4. The van der Waals surface area contributed by atoms with Crippen LogP contribution in [-0.4, -0.2) is 29.2 Å². The van der Waals surface area contributed by atoms with E-state index in [0.717, 1.165) is 30.8 Å². The Morgan fingerprint density at radius 2 is 2.53 bits per heavy atom. The average Bonchev–Trinajstić information content (AvgIpc) is 3.01. The molecule has 0 aromatic carbocycles. The van der Waals surface area contributed by atoms with E-state index >= 15 is 0 Å². The van der Waals surface area contributed by atoms with E-state index < -0.39 is 0 Å². The fourth-order valence-electron chi connectivity index (χ4n) is 3.47. The Bertz CT molecular complexity index is 459. The summed E-state index contributed by atoms with van der Waals surface area (Å²) >= 11 is 0. The molecular weight excluding hydrogens is 242 g/mol. The lowest BCUT2D eigenvalue weighted by Crippen LogP contribution is -2.52. The molecule has 2 heterocycles. The summed E-state index contributed by atoms with van der Waals surface area (Å²) in [5.74, 6) is 0.932. The number of carbonyl (C=O) groups excluding carboxylic acids is 1. The molecule has 5 nitrogen and oxygen atoms in total. The van der Waals surface area contributed by atoms with Crippen molar-refractivity contribution in [1.82, 2.24) is 15.8 Å². The first-order valence-electron chi connectivity index (χ1n) is 7.15. The monoisotopic (exact) mass is 263 g/mol. The maximum Gasteiger partial charge on any atom is 0.220 e. The first-order valence-corrected chi connectivity index (χ1v) is 7.15. The van der Waals surface area contributed by atoms with Crippen LogP contribution in [0.1, 0.15) is 43.6 Å². The van der Waals surface area contributed by atoms with Crippen molar-refractivity contribution in [3.8, 4) is 0 Å². The van der Waals surface area contributed by atoms with Crippen molar-refractivity contribution in [2.75, 3.05) is 6.54 Å². The molecule has 2 unspecified atom stereocenters. The van der Waals surface area contributed by atoms with Crippen LogP contribution in [0.15, 0.2) is 10.6 Å². The minimum atomic E-state index is 0.0246. The van der Waals surface area contributed by atoms with Gasteiger partial charge >= 0.3 is 0 Å². The molecule has 3 rings (SSSR count). The van der Waals surface area contributed by atoms with E-state index in [1.165, 1.54) is 12.8 Å². The van der Waals surface area contributed by atoms with Gasteiger partial charge in [-0.1, -0.05) is 5.16 Å². The van der Waals surface area contributed by atoms with E-state index in [4.69, 9.17) is 4.52 Å². The molecule has 1 aliphatic heterocycles. The molecule has 2 atom stereocenters. The molecule has 0 bridgehead atoms. The van der Waals surface area contributed by atoms with Crippen LogP contribution in [0.4, 0.5) is 0 Å². The van der Waals surface area contributed by atoms with Crippen molar-refractivity contribution < 1.29 is 9.32 Å². The van der Waals surface area contributed by atoms with Crippen LogP contribution in [0.3, 0.4) is 0 Å². The minimum Gasteiger partial charge on any atom is -0.361 e. The van der Waals surface area contributed by atoms with E-state index in [0.29, 0.717) is 18.9 Å². The molecule has 1 aromatic rings. The van der Waals surface area contributed by atoms with Crippen LogP contribution in [0.2, 0.25) is 0 Å². The fourth-order valence-corrected chi connectivity index (χ4v) is 3.47. The maximum atomic E-state index is 12.1. The van der Waals surface area contributed by atoms with Crippen molar-refractivity contribution in [3.05, 3.63) is 17.5 Å². The highest BCUT2D eigenvalue weighted by Crippen LogP contribution is 2.36. The molecule has 2 aliphatic rings. The van der Waals surface area contributed by atoms with Gasteiger partial charge in [0.2, 0.25) is 5.91 Å². The largest absolute Gasteiger partial charge is 0.361 e. The Morgan fingerprint density at radius 3 is 3.32 bits per heavy atom. The maximum absolute atomic E-state index is 12.1. The summed E-state index contributed by atoms with van der Waals surface area (Å²) in [6.45, 7) is 2.89. The predicted octanol–water partition coefficient (Wildman–Crippen LogP) is 1.32. The van der Waals surface area contributed by atoms with Gasteiger partial charge in [0, 0.05) is 24.9 Å². The Labute approximate surface area is 113 Å². The Hall–Kier alpha value is -1.36. The normalized spacial score (nSPS) is 29.4. The van der Waals surface area contributed by atoms with Crippen molar-refractivity contribution in [1.29, 1.82) is 0 Å². The lowest BCUT2D eigenvalue weighted by molar-refractivity contribution is -0.123. The predicted molar refractivity (Wildman–Crippen MR) is 70.7 cm³/mol. The molecule has 1 saturated carbocycles. The molecule has 5 heteroatoms. The third-order valence-electron chi connectivity index (χ3n) is 4.42. The highest BCUT2D eigenvalue weighted by atomic mass is 16.5. The number of nitrogens with one attached hydrogen (secondary N) is 2. The number of carbonyl (C=O) groups is 1. The molecular formula is C14H21N3O2. The van der Waals surface area contributed by atoms with E-state index in [-0.39, 0.29) is 11.4 Å². The van der Waals surface area contributed by atoms with Gasteiger partial charge in [-0.25, -0.2) is 0 Å². The molecule has 104 valence electrons. The molecule has 2 N–H and O–H groups in total. The van der Waals surface area contributed by atoms with Gasteiger partial charge in [-0.15, -0.1) is 0 Å². The number of hydrogen-bond acceptors (Lipinski definition) is 4. The quantitative estimate of drug-likeness (QED) is 0.859. The Kier molecular flexibility index (Phi) is 3.31. The van der Waals surface area contributed by atoms with Crippen molar-refractivity contribution in [3.63, 3.8) is 0 Å². The topological polar surface area (TPSA) is 67.2 Å². The van der Waals surface area contributed by atoms with Crippen LogP contribution >= 0.6 is 0 Å². The van der Waals surface area contributed by atoms with Crippen molar-refractivity contribution in [2.24, 2.45) is 0 Å². The van der Waals surface area contributed by atoms with Gasteiger partial charge in [-0.05, 0) is 39.2 Å². The second-order valence-corrected chi connectivity index (χ2v) is 5.78. The van der Waals surface area contributed by atoms with E-state index in [1.807, 2.05) is 13.0 Å². The highest BCUT2D eigenvalue weighted by Gasteiger charge is 2.46. The van der Waals surface area contributed by atoms with Crippen LogP contribution in [0, 0.1) is 6.92 Å². The number of aryl methyl sites for hydroxylation is 2. The lowest BCUT2D eigenvalue weighted by atomic mass is 9.93. The summed E-state index contributed by atoms with van der Waals surface area (Å²) < 4.78 is 5.01. The second kappa shape index (κ2) is 4.96. The van der Waals surface area contributed by atoms with E-state index in [9.17, 15) is 4.79 Å². The Balaban J connectivity index is 1.54. The van der Waals surface area contributed by atoms with Crippen LogP contribution in [0.5, 0.6) is 0 Å². The summed E-state index contributed by atoms with van der Waals surface area (Å²) in [5, 5.41) is 10.7. The summed E-state index contributed by atoms with van der Waals surface area (Å²) in [6.07, 6.45) is 5.70. The average molecular weight is 263 g/mol.